The zero-order valence-corrected chi connectivity index (χ0v) is 13.9. The Morgan fingerprint density at radius 3 is 2.68 bits per heavy atom. The van der Waals surface area contributed by atoms with Gasteiger partial charge in [0, 0.05) is 24.5 Å². The fourth-order valence-corrected chi connectivity index (χ4v) is 2.71. The minimum Gasteiger partial charge on any atom is -0.339 e. The molecule has 3 aromatic heterocycles. The molecule has 0 bridgehead atoms. The van der Waals surface area contributed by atoms with Crippen LogP contribution in [0, 0.1) is 0 Å². The number of fused-ring (bicyclic) bond motifs is 1. The van der Waals surface area contributed by atoms with Gasteiger partial charge in [0.15, 0.2) is 17.3 Å². The molecule has 4 aromatic rings. The summed E-state index contributed by atoms with van der Waals surface area (Å²) in [5.41, 5.74) is 4.17. The molecule has 0 aliphatic heterocycles. The highest BCUT2D eigenvalue weighted by atomic mass is 15.4. The molecule has 1 aromatic carbocycles. The average Bonchev–Trinajstić information content (AvgIpc) is 3.05. The molecule has 0 saturated carbocycles. The SMILES string of the molecule is CCc1cccc(Nc2ccc3nnc(Cc4ccncc4)n3n2)c1. The smallest absolute Gasteiger partial charge is 0.178 e. The first-order chi connectivity index (χ1) is 12.3. The highest BCUT2D eigenvalue weighted by Crippen LogP contribution is 2.17. The average molecular weight is 330 g/mol. The standard InChI is InChI=1S/C19H18N6/c1-2-14-4-3-5-16(12-14)21-17-6-7-18-22-23-19(25(18)24-17)13-15-8-10-20-11-9-15/h3-12H,2,13H2,1H3,(H,21,24). The maximum atomic E-state index is 4.65. The number of pyridine rings is 1. The second kappa shape index (κ2) is 6.68. The number of nitrogens with zero attached hydrogens (tertiary/aromatic N) is 5. The normalized spacial score (nSPS) is 10.9. The molecular formula is C19H18N6. The van der Waals surface area contributed by atoms with Crippen LogP contribution in [0.15, 0.2) is 60.9 Å². The molecule has 0 unspecified atom stereocenters. The molecule has 0 fully saturated rings. The van der Waals surface area contributed by atoms with E-state index in [4.69, 9.17) is 0 Å². The summed E-state index contributed by atoms with van der Waals surface area (Å²) >= 11 is 0. The number of hydrogen-bond acceptors (Lipinski definition) is 5. The molecule has 0 radical (unpaired) electrons. The van der Waals surface area contributed by atoms with E-state index in [1.54, 1.807) is 16.9 Å². The van der Waals surface area contributed by atoms with E-state index in [0.29, 0.717) is 6.42 Å². The van der Waals surface area contributed by atoms with Crippen LogP contribution in [0.5, 0.6) is 0 Å². The van der Waals surface area contributed by atoms with E-state index in [1.165, 1.54) is 5.56 Å². The van der Waals surface area contributed by atoms with Gasteiger partial charge in [-0.2, -0.15) is 4.52 Å². The van der Waals surface area contributed by atoms with Gasteiger partial charge in [-0.05, 0) is 53.9 Å². The van der Waals surface area contributed by atoms with Crippen molar-refractivity contribution in [1.82, 2.24) is 24.8 Å². The summed E-state index contributed by atoms with van der Waals surface area (Å²) in [4.78, 5) is 4.04. The Kier molecular flexibility index (Phi) is 4.08. The molecule has 124 valence electrons. The monoisotopic (exact) mass is 330 g/mol. The van der Waals surface area contributed by atoms with Crippen molar-refractivity contribution in [3.8, 4) is 0 Å². The number of benzene rings is 1. The highest BCUT2D eigenvalue weighted by molar-refractivity contribution is 5.58. The van der Waals surface area contributed by atoms with Gasteiger partial charge >= 0.3 is 0 Å². The fourth-order valence-electron chi connectivity index (χ4n) is 2.71. The summed E-state index contributed by atoms with van der Waals surface area (Å²) in [6.07, 6.45) is 5.22. The number of rotatable bonds is 5. The third-order valence-electron chi connectivity index (χ3n) is 4.05. The maximum Gasteiger partial charge on any atom is 0.178 e. The molecule has 0 saturated heterocycles. The van der Waals surface area contributed by atoms with Gasteiger partial charge in [0.1, 0.15) is 0 Å². The molecular weight excluding hydrogens is 312 g/mol. The van der Waals surface area contributed by atoms with Crippen LogP contribution in [0.1, 0.15) is 23.9 Å². The molecule has 4 rings (SSSR count). The van der Waals surface area contributed by atoms with Crippen LogP contribution in [0.2, 0.25) is 0 Å². The van der Waals surface area contributed by atoms with Gasteiger partial charge in [0.05, 0.1) is 0 Å². The fraction of sp³-hybridized carbons (Fsp3) is 0.158. The molecule has 3 heterocycles. The molecule has 6 nitrogen and oxygen atoms in total. The van der Waals surface area contributed by atoms with E-state index in [-0.39, 0.29) is 0 Å². The number of anilines is 2. The van der Waals surface area contributed by atoms with E-state index in [1.807, 2.05) is 36.4 Å². The Labute approximate surface area is 145 Å². The van der Waals surface area contributed by atoms with Crippen molar-refractivity contribution in [2.75, 3.05) is 5.32 Å². The van der Waals surface area contributed by atoms with E-state index in [2.05, 4.69) is 44.7 Å². The van der Waals surface area contributed by atoms with Gasteiger partial charge in [-0.1, -0.05) is 19.1 Å². The zero-order valence-electron chi connectivity index (χ0n) is 13.9. The number of nitrogens with one attached hydrogen (secondary N) is 1. The van der Waals surface area contributed by atoms with Crippen molar-refractivity contribution in [2.24, 2.45) is 0 Å². The molecule has 6 heteroatoms. The van der Waals surface area contributed by atoms with Crippen molar-refractivity contribution in [1.29, 1.82) is 0 Å². The predicted molar refractivity (Wildman–Crippen MR) is 96.9 cm³/mol. The van der Waals surface area contributed by atoms with E-state index < -0.39 is 0 Å². The van der Waals surface area contributed by atoms with E-state index in [0.717, 1.165) is 35.0 Å². The minimum absolute atomic E-state index is 0.658. The van der Waals surface area contributed by atoms with Gasteiger partial charge in [-0.15, -0.1) is 15.3 Å². The van der Waals surface area contributed by atoms with E-state index in [9.17, 15) is 0 Å². The second-order valence-electron chi connectivity index (χ2n) is 5.82. The van der Waals surface area contributed by atoms with Crippen molar-refractivity contribution in [3.05, 3.63) is 77.9 Å². The third kappa shape index (κ3) is 3.33. The van der Waals surface area contributed by atoms with Crippen molar-refractivity contribution in [3.63, 3.8) is 0 Å². The summed E-state index contributed by atoms with van der Waals surface area (Å²) in [7, 11) is 0. The Balaban J connectivity index is 1.63. The van der Waals surface area contributed by atoms with Crippen molar-refractivity contribution in [2.45, 2.75) is 19.8 Å². The lowest BCUT2D eigenvalue weighted by atomic mass is 10.1. The molecule has 0 aliphatic carbocycles. The summed E-state index contributed by atoms with van der Waals surface area (Å²) in [5.74, 6) is 1.56. The second-order valence-corrected chi connectivity index (χ2v) is 5.82. The minimum atomic E-state index is 0.658. The number of hydrogen-bond donors (Lipinski definition) is 1. The van der Waals surface area contributed by atoms with Crippen LogP contribution >= 0.6 is 0 Å². The lowest BCUT2D eigenvalue weighted by Crippen LogP contribution is -2.03. The van der Waals surface area contributed by atoms with Gasteiger partial charge in [0.25, 0.3) is 0 Å². The Bertz CT molecular complexity index is 993. The van der Waals surface area contributed by atoms with Crippen LogP contribution in [0.25, 0.3) is 5.65 Å². The zero-order chi connectivity index (χ0) is 17.1. The van der Waals surface area contributed by atoms with Crippen LogP contribution in [-0.2, 0) is 12.8 Å². The van der Waals surface area contributed by atoms with Crippen LogP contribution in [0.4, 0.5) is 11.5 Å². The van der Waals surface area contributed by atoms with Crippen LogP contribution in [-0.4, -0.2) is 24.8 Å². The highest BCUT2D eigenvalue weighted by Gasteiger charge is 2.09. The van der Waals surface area contributed by atoms with Gasteiger partial charge in [-0.25, -0.2) is 0 Å². The molecule has 0 spiro atoms. The number of aryl methyl sites for hydroxylation is 1. The van der Waals surface area contributed by atoms with Crippen molar-refractivity contribution < 1.29 is 0 Å². The first-order valence-corrected chi connectivity index (χ1v) is 8.28. The summed E-state index contributed by atoms with van der Waals surface area (Å²) in [6, 6.07) is 16.1. The Morgan fingerprint density at radius 1 is 0.960 bits per heavy atom. The predicted octanol–water partition coefficient (Wildman–Crippen LogP) is 3.42. The molecule has 0 atom stereocenters. The quantitative estimate of drug-likeness (QED) is 0.607. The molecule has 25 heavy (non-hydrogen) atoms. The third-order valence-corrected chi connectivity index (χ3v) is 4.05. The molecule has 0 amide bonds. The summed E-state index contributed by atoms with van der Waals surface area (Å²) in [5, 5.41) is 16.5. The Morgan fingerprint density at radius 2 is 1.84 bits per heavy atom. The topological polar surface area (TPSA) is 68.0 Å². The largest absolute Gasteiger partial charge is 0.339 e. The number of aromatic nitrogens is 5. The maximum absolute atomic E-state index is 4.65. The van der Waals surface area contributed by atoms with Crippen LogP contribution in [0.3, 0.4) is 0 Å². The Hall–Kier alpha value is -3.28. The lowest BCUT2D eigenvalue weighted by Gasteiger charge is -2.08. The van der Waals surface area contributed by atoms with Gasteiger partial charge in [0.2, 0.25) is 0 Å². The first-order valence-electron chi connectivity index (χ1n) is 8.28. The lowest BCUT2D eigenvalue weighted by molar-refractivity contribution is 0.841. The summed E-state index contributed by atoms with van der Waals surface area (Å²) in [6.45, 7) is 2.14. The van der Waals surface area contributed by atoms with Crippen LogP contribution < -0.4 is 5.32 Å². The summed E-state index contributed by atoms with van der Waals surface area (Å²) < 4.78 is 1.78. The van der Waals surface area contributed by atoms with Crippen molar-refractivity contribution >= 4 is 17.2 Å². The van der Waals surface area contributed by atoms with E-state index >= 15 is 0 Å². The first kappa shape index (κ1) is 15.3. The van der Waals surface area contributed by atoms with Gasteiger partial charge in [-0.3, -0.25) is 4.98 Å². The van der Waals surface area contributed by atoms with Gasteiger partial charge < -0.3 is 5.32 Å². The molecule has 0 aliphatic rings. The molecule has 1 N–H and O–H groups in total.